The first-order chi connectivity index (χ1) is 17.9. The summed E-state index contributed by atoms with van der Waals surface area (Å²) in [6.45, 7) is 1.09. The minimum Gasteiger partial charge on any atom is -0.459 e. The molecule has 3 aliphatic rings. The van der Waals surface area contributed by atoms with Gasteiger partial charge in [-0.05, 0) is 43.4 Å². The monoisotopic (exact) mass is 498 g/mol. The lowest BCUT2D eigenvalue weighted by Gasteiger charge is -2.39. The lowest BCUT2D eigenvalue weighted by Crippen LogP contribution is -2.53. The molecule has 0 saturated heterocycles. The standard InChI is InChI=1S/C32H36NO4/c1-33(2,20-10-13-22-11-4-3-5-12-22)30-23-18-19-24(30)29(21-23)37-31(34)32(35)25-14-6-8-16-27(25)36-28-17-9-7-15-26(28)32/h3-9,11-12,14-17,23-24,29-30,35H,10,13,18-21H2,1-2H3/q+1/t23?,24-,29-,30?/m1/s1. The molecule has 1 heterocycles. The van der Waals surface area contributed by atoms with E-state index >= 15 is 0 Å². The zero-order chi connectivity index (χ0) is 25.6. The predicted molar refractivity (Wildman–Crippen MR) is 142 cm³/mol. The number of fused-ring (bicyclic) bond motifs is 4. The SMILES string of the molecule is C[N+](C)(CCCc1ccccc1)C1C2CC[C@@H]1[C@H](OC(=O)C1(O)c3ccccc3Oc3ccccc31)C2. The second-order valence-corrected chi connectivity index (χ2v) is 11.6. The highest BCUT2D eigenvalue weighted by atomic mass is 16.6. The van der Waals surface area contributed by atoms with E-state index in [1.807, 2.05) is 24.3 Å². The fourth-order valence-electron chi connectivity index (χ4n) is 7.36. The van der Waals surface area contributed by atoms with E-state index in [0.29, 0.717) is 40.5 Å². The molecule has 0 aromatic heterocycles. The number of esters is 1. The van der Waals surface area contributed by atoms with Crippen molar-refractivity contribution in [3.8, 4) is 11.5 Å². The molecule has 5 nitrogen and oxygen atoms in total. The molecule has 2 fully saturated rings. The summed E-state index contributed by atoms with van der Waals surface area (Å²) in [5.41, 5.74) is 0.378. The van der Waals surface area contributed by atoms with Crippen LogP contribution in [0.15, 0.2) is 78.9 Å². The van der Waals surface area contributed by atoms with Crippen LogP contribution in [0, 0.1) is 11.8 Å². The summed E-state index contributed by atoms with van der Waals surface area (Å²) in [6.07, 6.45) is 5.17. The lowest BCUT2D eigenvalue weighted by atomic mass is 9.83. The van der Waals surface area contributed by atoms with Crippen LogP contribution in [0.3, 0.4) is 0 Å². The Hall–Kier alpha value is -3.15. The average Bonchev–Trinajstić information content (AvgIpc) is 3.49. The summed E-state index contributed by atoms with van der Waals surface area (Å²) in [6, 6.07) is 25.5. The van der Waals surface area contributed by atoms with E-state index in [9.17, 15) is 9.90 Å². The second kappa shape index (κ2) is 9.30. The summed E-state index contributed by atoms with van der Waals surface area (Å²) in [5, 5.41) is 12.0. The van der Waals surface area contributed by atoms with Gasteiger partial charge in [0.2, 0.25) is 5.60 Å². The first kappa shape index (κ1) is 24.2. The van der Waals surface area contributed by atoms with Crippen LogP contribution in [0.2, 0.25) is 0 Å². The molecule has 2 bridgehead atoms. The van der Waals surface area contributed by atoms with E-state index in [4.69, 9.17) is 9.47 Å². The highest BCUT2D eigenvalue weighted by Crippen LogP contribution is 2.52. The maximum Gasteiger partial charge on any atom is 0.348 e. The van der Waals surface area contributed by atoms with Gasteiger partial charge in [0.1, 0.15) is 17.6 Å². The quantitative estimate of drug-likeness (QED) is 0.348. The van der Waals surface area contributed by atoms with Crippen LogP contribution in [0.25, 0.3) is 0 Å². The maximum atomic E-state index is 13.8. The Bertz CT molecular complexity index is 1240. The summed E-state index contributed by atoms with van der Waals surface area (Å²) in [7, 11) is 4.67. The van der Waals surface area contributed by atoms with Crippen molar-refractivity contribution >= 4 is 5.97 Å². The summed E-state index contributed by atoms with van der Waals surface area (Å²) < 4.78 is 13.2. The number of quaternary nitrogens is 1. The van der Waals surface area contributed by atoms with Gasteiger partial charge in [0.15, 0.2) is 0 Å². The molecule has 0 amide bonds. The zero-order valence-corrected chi connectivity index (χ0v) is 21.7. The van der Waals surface area contributed by atoms with Gasteiger partial charge in [-0.15, -0.1) is 0 Å². The van der Waals surface area contributed by atoms with E-state index < -0.39 is 11.6 Å². The number of benzene rings is 3. The molecule has 6 rings (SSSR count). The molecule has 5 heteroatoms. The minimum atomic E-state index is -1.89. The molecule has 0 radical (unpaired) electrons. The normalized spacial score (nSPS) is 25.2. The smallest absolute Gasteiger partial charge is 0.348 e. The topological polar surface area (TPSA) is 55.8 Å². The van der Waals surface area contributed by atoms with Gasteiger partial charge in [0.05, 0.1) is 26.7 Å². The molecule has 37 heavy (non-hydrogen) atoms. The predicted octanol–water partition coefficient (Wildman–Crippen LogP) is 5.45. The number of aliphatic hydroxyl groups is 1. The van der Waals surface area contributed by atoms with Crippen molar-refractivity contribution in [3.63, 3.8) is 0 Å². The van der Waals surface area contributed by atoms with Crippen LogP contribution in [-0.2, 0) is 21.6 Å². The summed E-state index contributed by atoms with van der Waals surface area (Å²) in [4.78, 5) is 13.8. The number of para-hydroxylation sites is 2. The van der Waals surface area contributed by atoms with E-state index in [-0.39, 0.29) is 6.10 Å². The van der Waals surface area contributed by atoms with Gasteiger partial charge in [0, 0.05) is 29.4 Å². The van der Waals surface area contributed by atoms with Gasteiger partial charge in [-0.1, -0.05) is 66.7 Å². The Balaban J connectivity index is 1.19. The van der Waals surface area contributed by atoms with Crippen molar-refractivity contribution in [2.45, 2.75) is 49.9 Å². The lowest BCUT2D eigenvalue weighted by molar-refractivity contribution is -0.919. The molecular weight excluding hydrogens is 462 g/mol. The Morgan fingerprint density at radius 1 is 0.946 bits per heavy atom. The largest absolute Gasteiger partial charge is 0.459 e. The molecule has 2 aliphatic carbocycles. The van der Waals surface area contributed by atoms with E-state index in [1.165, 1.54) is 12.0 Å². The van der Waals surface area contributed by atoms with Crippen LogP contribution < -0.4 is 4.74 Å². The van der Waals surface area contributed by atoms with Crippen LogP contribution in [-0.4, -0.2) is 48.3 Å². The number of carbonyl (C=O) groups is 1. The second-order valence-electron chi connectivity index (χ2n) is 11.6. The number of rotatable bonds is 7. The summed E-state index contributed by atoms with van der Waals surface area (Å²) >= 11 is 0. The Morgan fingerprint density at radius 3 is 2.24 bits per heavy atom. The fraction of sp³-hybridized carbons (Fsp3) is 0.406. The van der Waals surface area contributed by atoms with Crippen LogP contribution in [0.4, 0.5) is 0 Å². The molecule has 0 spiro atoms. The van der Waals surface area contributed by atoms with Gasteiger partial charge in [-0.3, -0.25) is 0 Å². The molecule has 2 unspecified atom stereocenters. The first-order valence-corrected chi connectivity index (χ1v) is 13.5. The molecule has 1 N–H and O–H groups in total. The van der Waals surface area contributed by atoms with Gasteiger partial charge in [0.25, 0.3) is 0 Å². The highest BCUT2D eigenvalue weighted by Gasteiger charge is 2.58. The van der Waals surface area contributed by atoms with E-state index in [2.05, 4.69) is 44.4 Å². The van der Waals surface area contributed by atoms with Crippen molar-refractivity contribution in [3.05, 3.63) is 95.6 Å². The fourth-order valence-corrected chi connectivity index (χ4v) is 7.36. The third kappa shape index (κ3) is 4.14. The van der Waals surface area contributed by atoms with Gasteiger partial charge >= 0.3 is 5.97 Å². The molecule has 3 aromatic carbocycles. The third-order valence-corrected chi connectivity index (χ3v) is 8.98. The van der Waals surface area contributed by atoms with Gasteiger partial charge in [-0.2, -0.15) is 0 Å². The molecular formula is C32H36NO4+. The minimum absolute atomic E-state index is 0.172. The Kier molecular flexibility index (Phi) is 6.09. The highest BCUT2D eigenvalue weighted by molar-refractivity contribution is 5.88. The van der Waals surface area contributed by atoms with Crippen molar-refractivity contribution in [2.75, 3.05) is 20.6 Å². The maximum absolute atomic E-state index is 13.8. The molecule has 4 atom stereocenters. The van der Waals surface area contributed by atoms with Crippen molar-refractivity contribution in [1.29, 1.82) is 0 Å². The third-order valence-electron chi connectivity index (χ3n) is 8.98. The number of carbonyl (C=O) groups excluding carboxylic acids is 1. The number of ether oxygens (including phenoxy) is 2. The summed E-state index contributed by atoms with van der Waals surface area (Å²) in [5.74, 6) is 1.24. The number of nitrogens with zero attached hydrogens (tertiary/aromatic N) is 1. The average molecular weight is 499 g/mol. The number of aryl methyl sites for hydroxylation is 1. The van der Waals surface area contributed by atoms with Crippen LogP contribution in [0.1, 0.15) is 42.4 Å². The van der Waals surface area contributed by atoms with Crippen molar-refractivity contribution in [2.24, 2.45) is 11.8 Å². The molecule has 192 valence electrons. The van der Waals surface area contributed by atoms with Crippen molar-refractivity contribution < 1.29 is 23.9 Å². The van der Waals surface area contributed by atoms with Crippen LogP contribution >= 0.6 is 0 Å². The van der Waals surface area contributed by atoms with Crippen LogP contribution in [0.5, 0.6) is 11.5 Å². The number of hydrogen-bond donors (Lipinski definition) is 1. The zero-order valence-electron chi connectivity index (χ0n) is 21.7. The van der Waals surface area contributed by atoms with Gasteiger partial charge < -0.3 is 19.1 Å². The van der Waals surface area contributed by atoms with E-state index in [0.717, 1.165) is 36.7 Å². The Morgan fingerprint density at radius 2 is 1.57 bits per heavy atom. The molecule has 1 aliphatic heterocycles. The molecule has 2 saturated carbocycles. The number of hydrogen-bond acceptors (Lipinski definition) is 4. The van der Waals surface area contributed by atoms with E-state index in [1.54, 1.807) is 24.3 Å². The Labute approximate surface area is 219 Å². The van der Waals surface area contributed by atoms with Gasteiger partial charge in [-0.25, -0.2) is 4.79 Å². The molecule has 3 aromatic rings. The first-order valence-electron chi connectivity index (χ1n) is 13.5. The van der Waals surface area contributed by atoms with Crippen molar-refractivity contribution in [1.82, 2.24) is 0 Å².